The number of hydrogen-bond donors (Lipinski definition) is 2. The van der Waals surface area contributed by atoms with E-state index in [1.54, 1.807) is 24.4 Å². The molecule has 20 heavy (non-hydrogen) atoms. The minimum atomic E-state index is -2.03. The average Bonchev–Trinajstić information content (AvgIpc) is 2.75. The Morgan fingerprint density at radius 2 is 2.35 bits per heavy atom. The van der Waals surface area contributed by atoms with E-state index in [0.29, 0.717) is 16.7 Å². The highest BCUT2D eigenvalue weighted by molar-refractivity contribution is 5.96. The Labute approximate surface area is 114 Å². The number of nitrogens with one attached hydrogen (secondary N) is 1. The van der Waals surface area contributed by atoms with Crippen LogP contribution in [0.5, 0.6) is 0 Å². The first-order valence-corrected chi connectivity index (χ1v) is 5.99. The number of nitrogen functional groups attached to an aromatic ring is 1. The zero-order valence-corrected chi connectivity index (χ0v) is 10.4. The van der Waals surface area contributed by atoms with E-state index < -0.39 is 11.7 Å². The van der Waals surface area contributed by atoms with Gasteiger partial charge in [0.1, 0.15) is 11.6 Å². The van der Waals surface area contributed by atoms with Crippen molar-refractivity contribution in [3.8, 4) is 6.07 Å². The van der Waals surface area contributed by atoms with Crippen LogP contribution in [0.25, 0.3) is 11.0 Å². The first-order valence-electron chi connectivity index (χ1n) is 5.99. The number of anilines is 2. The number of aromatic nitrogens is 1. The quantitative estimate of drug-likeness (QED) is 0.819. The summed E-state index contributed by atoms with van der Waals surface area (Å²) in [5, 5.41) is 12.4. The maximum absolute atomic E-state index is 14.9. The summed E-state index contributed by atoms with van der Waals surface area (Å²) in [6.45, 7) is 0. The van der Waals surface area contributed by atoms with Crippen molar-refractivity contribution in [2.45, 2.75) is 5.79 Å². The Kier molecular flexibility index (Phi) is 2.68. The van der Waals surface area contributed by atoms with E-state index in [1.807, 2.05) is 6.07 Å². The fraction of sp³-hybridized carbons (Fsp3) is 0.143. The lowest BCUT2D eigenvalue weighted by atomic mass is 9.93. The van der Waals surface area contributed by atoms with Crippen LogP contribution in [0.1, 0.15) is 0 Å². The number of allylic oxidation sites excluding steroid dienone is 2. The monoisotopic (exact) mass is 270 g/mol. The van der Waals surface area contributed by atoms with Gasteiger partial charge < -0.3 is 15.5 Å². The number of furan rings is 1. The molecule has 2 aromatic rings. The van der Waals surface area contributed by atoms with Crippen LogP contribution in [-0.4, -0.2) is 10.8 Å². The molecule has 0 spiro atoms. The number of nitrogens with zero attached hydrogens (tertiary/aromatic N) is 2. The van der Waals surface area contributed by atoms with Crippen LogP contribution in [-0.2, 0) is 0 Å². The molecule has 0 aliphatic heterocycles. The standard InChI is InChI=1S/C14H11FN4O/c15-14(5-2-1-3-9(14)7-16)19-12-10-4-6-18-8-11(10)20-13(12)17/h1-6,8-9,19H,17H2. The third-order valence-corrected chi connectivity index (χ3v) is 3.18. The molecule has 100 valence electrons. The molecule has 2 heterocycles. The highest BCUT2D eigenvalue weighted by Gasteiger charge is 2.38. The number of rotatable bonds is 2. The largest absolute Gasteiger partial charge is 0.437 e. The van der Waals surface area contributed by atoms with Crippen molar-refractivity contribution in [3.63, 3.8) is 0 Å². The normalized spacial score (nSPS) is 24.7. The molecular weight excluding hydrogens is 259 g/mol. The maximum atomic E-state index is 14.9. The van der Waals surface area contributed by atoms with Crippen molar-refractivity contribution in [1.29, 1.82) is 5.26 Å². The number of pyridine rings is 1. The number of nitriles is 1. The molecule has 0 aromatic carbocycles. The highest BCUT2D eigenvalue weighted by atomic mass is 19.1. The lowest BCUT2D eigenvalue weighted by Crippen LogP contribution is -2.39. The summed E-state index contributed by atoms with van der Waals surface area (Å²) >= 11 is 0. The summed E-state index contributed by atoms with van der Waals surface area (Å²) < 4.78 is 20.2. The molecule has 5 nitrogen and oxygen atoms in total. The summed E-state index contributed by atoms with van der Waals surface area (Å²) in [5.74, 6) is -2.92. The van der Waals surface area contributed by atoms with E-state index in [1.165, 1.54) is 18.3 Å². The highest BCUT2D eigenvalue weighted by Crippen LogP contribution is 2.38. The third-order valence-electron chi connectivity index (χ3n) is 3.18. The van der Waals surface area contributed by atoms with E-state index in [4.69, 9.17) is 15.4 Å². The second-order valence-electron chi connectivity index (χ2n) is 4.46. The van der Waals surface area contributed by atoms with Gasteiger partial charge in [-0.3, -0.25) is 4.98 Å². The molecule has 2 unspecified atom stereocenters. The van der Waals surface area contributed by atoms with Gasteiger partial charge in [-0.05, 0) is 12.1 Å². The fourth-order valence-electron chi connectivity index (χ4n) is 2.16. The van der Waals surface area contributed by atoms with E-state index in [2.05, 4.69) is 10.3 Å². The van der Waals surface area contributed by atoms with Gasteiger partial charge in [0, 0.05) is 11.6 Å². The molecule has 0 saturated heterocycles. The summed E-state index contributed by atoms with van der Waals surface area (Å²) in [6.07, 6.45) is 9.02. The number of alkyl halides is 1. The molecule has 0 bridgehead atoms. The molecule has 1 aliphatic carbocycles. The second-order valence-corrected chi connectivity index (χ2v) is 4.46. The van der Waals surface area contributed by atoms with Gasteiger partial charge in [0.15, 0.2) is 5.58 Å². The molecular formula is C14H11FN4O. The summed E-state index contributed by atoms with van der Waals surface area (Å²) in [5.41, 5.74) is 6.55. The van der Waals surface area contributed by atoms with Crippen molar-refractivity contribution >= 4 is 22.5 Å². The lowest BCUT2D eigenvalue weighted by Gasteiger charge is -2.28. The summed E-state index contributed by atoms with van der Waals surface area (Å²) in [6, 6.07) is 3.59. The predicted molar refractivity (Wildman–Crippen MR) is 73.3 cm³/mol. The fourth-order valence-corrected chi connectivity index (χ4v) is 2.16. The van der Waals surface area contributed by atoms with Crippen LogP contribution < -0.4 is 11.1 Å². The smallest absolute Gasteiger partial charge is 0.219 e. The van der Waals surface area contributed by atoms with Gasteiger partial charge in [0.25, 0.3) is 0 Å². The Morgan fingerprint density at radius 3 is 3.15 bits per heavy atom. The Balaban J connectivity index is 2.05. The van der Waals surface area contributed by atoms with E-state index in [0.717, 1.165) is 0 Å². The van der Waals surface area contributed by atoms with Crippen molar-refractivity contribution < 1.29 is 8.81 Å². The first kappa shape index (κ1) is 12.2. The van der Waals surface area contributed by atoms with Crippen molar-refractivity contribution in [2.75, 3.05) is 11.1 Å². The van der Waals surface area contributed by atoms with Gasteiger partial charge in [-0.1, -0.05) is 18.2 Å². The van der Waals surface area contributed by atoms with E-state index in [9.17, 15) is 4.39 Å². The Hall–Kier alpha value is -2.81. The third kappa shape index (κ3) is 1.80. The molecule has 0 radical (unpaired) electrons. The minimum absolute atomic E-state index is 0.0599. The first-order chi connectivity index (χ1) is 9.64. The molecule has 0 fully saturated rings. The summed E-state index contributed by atoms with van der Waals surface area (Å²) in [7, 11) is 0. The lowest BCUT2D eigenvalue weighted by molar-refractivity contribution is 0.232. The van der Waals surface area contributed by atoms with Crippen LogP contribution in [0, 0.1) is 17.2 Å². The molecule has 2 aromatic heterocycles. The van der Waals surface area contributed by atoms with Gasteiger partial charge in [0.05, 0.1) is 12.3 Å². The number of nitrogens with two attached hydrogens (primary N) is 1. The molecule has 6 heteroatoms. The zero-order valence-electron chi connectivity index (χ0n) is 10.4. The van der Waals surface area contributed by atoms with Crippen molar-refractivity contribution in [3.05, 3.63) is 42.8 Å². The van der Waals surface area contributed by atoms with Gasteiger partial charge in [-0.25, -0.2) is 4.39 Å². The van der Waals surface area contributed by atoms with Crippen molar-refractivity contribution in [2.24, 2.45) is 5.92 Å². The second kappa shape index (κ2) is 4.38. The molecule has 1 aliphatic rings. The molecule has 2 atom stereocenters. The van der Waals surface area contributed by atoms with Crippen LogP contribution in [0.3, 0.4) is 0 Å². The molecule has 3 N–H and O–H groups in total. The Bertz CT molecular complexity index is 758. The van der Waals surface area contributed by atoms with E-state index in [-0.39, 0.29) is 5.88 Å². The van der Waals surface area contributed by atoms with Crippen LogP contribution in [0.2, 0.25) is 0 Å². The summed E-state index contributed by atoms with van der Waals surface area (Å²) in [4.78, 5) is 3.91. The van der Waals surface area contributed by atoms with Crippen LogP contribution in [0.4, 0.5) is 16.0 Å². The topological polar surface area (TPSA) is 87.9 Å². The molecule has 0 saturated carbocycles. The number of fused-ring (bicyclic) bond motifs is 1. The number of hydrogen-bond acceptors (Lipinski definition) is 5. The van der Waals surface area contributed by atoms with Gasteiger partial charge >= 0.3 is 0 Å². The molecule has 0 amide bonds. The van der Waals surface area contributed by atoms with Gasteiger partial charge in [0.2, 0.25) is 11.7 Å². The average molecular weight is 270 g/mol. The van der Waals surface area contributed by atoms with Gasteiger partial charge in [-0.2, -0.15) is 5.26 Å². The van der Waals surface area contributed by atoms with Crippen molar-refractivity contribution in [1.82, 2.24) is 4.98 Å². The molecule has 3 rings (SSSR count). The SMILES string of the molecule is N#CC1C=CC=CC1(F)Nc1c(N)oc2cnccc12. The zero-order chi connectivity index (χ0) is 14.2. The maximum Gasteiger partial charge on any atom is 0.219 e. The predicted octanol–water partition coefficient (Wildman–Crippen LogP) is 2.75. The number of halogens is 1. The van der Waals surface area contributed by atoms with Crippen LogP contribution in [0.15, 0.2) is 47.2 Å². The Morgan fingerprint density at radius 1 is 1.50 bits per heavy atom. The minimum Gasteiger partial charge on any atom is -0.437 e. The van der Waals surface area contributed by atoms with Gasteiger partial charge in [-0.15, -0.1) is 0 Å². The van der Waals surface area contributed by atoms with E-state index >= 15 is 0 Å². The van der Waals surface area contributed by atoms with Crippen LogP contribution >= 0.6 is 0 Å².